The van der Waals surface area contributed by atoms with E-state index < -0.39 is 5.97 Å². The van der Waals surface area contributed by atoms with Crippen molar-refractivity contribution in [3.8, 4) is 0 Å². The molecule has 0 saturated carbocycles. The Balaban J connectivity index is 2.00. The Labute approximate surface area is 130 Å². The molecule has 0 bridgehead atoms. The van der Waals surface area contributed by atoms with Crippen molar-refractivity contribution in [1.29, 1.82) is 0 Å². The maximum Gasteiger partial charge on any atom is 0.335 e. The Hall–Kier alpha value is -2.14. The first-order valence-electron chi connectivity index (χ1n) is 6.39. The van der Waals surface area contributed by atoms with Gasteiger partial charge in [0.15, 0.2) is 0 Å². The van der Waals surface area contributed by atoms with E-state index in [1.165, 1.54) is 6.07 Å². The average molecular weight is 348 g/mol. The molecule has 0 aliphatic heterocycles. The second kappa shape index (κ2) is 7.04. The molecule has 2 rings (SSSR count). The van der Waals surface area contributed by atoms with Gasteiger partial charge in [0.2, 0.25) is 5.91 Å². The van der Waals surface area contributed by atoms with E-state index in [2.05, 4.69) is 21.2 Å². The zero-order valence-electron chi connectivity index (χ0n) is 11.2. The smallest absolute Gasteiger partial charge is 0.335 e. The molecule has 0 heterocycles. The van der Waals surface area contributed by atoms with Crippen LogP contribution in [-0.4, -0.2) is 17.0 Å². The lowest BCUT2D eigenvalue weighted by Crippen LogP contribution is -2.25. The molecule has 0 atom stereocenters. The average Bonchev–Trinajstić information content (AvgIpc) is 2.47. The van der Waals surface area contributed by atoms with Crippen molar-refractivity contribution in [3.63, 3.8) is 0 Å². The van der Waals surface area contributed by atoms with Crippen molar-refractivity contribution in [2.45, 2.75) is 13.0 Å². The van der Waals surface area contributed by atoms with Crippen LogP contribution >= 0.6 is 15.9 Å². The Morgan fingerprint density at radius 2 is 1.62 bits per heavy atom. The van der Waals surface area contributed by atoms with Crippen molar-refractivity contribution in [3.05, 3.63) is 69.7 Å². The third-order valence-electron chi connectivity index (χ3n) is 3.03. The summed E-state index contributed by atoms with van der Waals surface area (Å²) in [5.74, 6) is -1.23. The summed E-state index contributed by atoms with van der Waals surface area (Å²) < 4.78 is 0.927. The molecule has 2 N–H and O–H groups in total. The Morgan fingerprint density at radius 3 is 2.29 bits per heavy atom. The molecular weight excluding hydrogens is 334 g/mol. The molecule has 0 aliphatic carbocycles. The minimum Gasteiger partial charge on any atom is -0.478 e. The van der Waals surface area contributed by atoms with Gasteiger partial charge in [-0.25, -0.2) is 4.79 Å². The van der Waals surface area contributed by atoms with Gasteiger partial charge in [-0.05, 0) is 23.3 Å². The maximum absolute atomic E-state index is 12.0. The van der Waals surface area contributed by atoms with Crippen molar-refractivity contribution < 1.29 is 14.7 Å². The summed E-state index contributed by atoms with van der Waals surface area (Å²) in [6.45, 7) is 0.398. The van der Waals surface area contributed by atoms with Crippen molar-refractivity contribution in [1.82, 2.24) is 5.32 Å². The number of rotatable bonds is 5. The minimum atomic E-state index is -1.02. The molecule has 108 valence electrons. The summed E-state index contributed by atoms with van der Waals surface area (Å²) in [6.07, 6.45) is 0.0485. The number of carboxylic acids is 1. The van der Waals surface area contributed by atoms with Crippen molar-refractivity contribution >= 4 is 27.8 Å². The van der Waals surface area contributed by atoms with Crippen LogP contribution in [0.15, 0.2) is 53.0 Å². The Morgan fingerprint density at radius 1 is 1.00 bits per heavy atom. The lowest BCUT2D eigenvalue weighted by atomic mass is 10.0. The first-order chi connectivity index (χ1) is 10.1. The number of benzene rings is 2. The molecule has 0 radical (unpaired) electrons. The van der Waals surface area contributed by atoms with Gasteiger partial charge < -0.3 is 10.4 Å². The fourth-order valence-corrected chi connectivity index (χ4v) is 2.38. The molecular formula is C16H14BrNO3. The van der Waals surface area contributed by atoms with E-state index in [0.717, 1.165) is 10.0 Å². The molecule has 0 spiro atoms. The van der Waals surface area contributed by atoms with E-state index in [1.54, 1.807) is 18.2 Å². The predicted molar refractivity (Wildman–Crippen MR) is 83.1 cm³/mol. The third-order valence-corrected chi connectivity index (χ3v) is 3.81. The third kappa shape index (κ3) is 4.16. The molecule has 1 amide bonds. The van der Waals surface area contributed by atoms with Gasteiger partial charge in [0.05, 0.1) is 12.0 Å². The summed E-state index contributed by atoms with van der Waals surface area (Å²) >= 11 is 3.41. The molecule has 21 heavy (non-hydrogen) atoms. The lowest BCUT2D eigenvalue weighted by Gasteiger charge is -2.08. The fraction of sp³-hybridized carbons (Fsp3) is 0.125. The van der Waals surface area contributed by atoms with Crippen molar-refractivity contribution in [2.75, 3.05) is 0 Å². The van der Waals surface area contributed by atoms with Crippen LogP contribution in [-0.2, 0) is 17.8 Å². The highest BCUT2D eigenvalue weighted by atomic mass is 79.9. The first kappa shape index (κ1) is 15.3. The largest absolute Gasteiger partial charge is 0.478 e. The number of carboxylic acid groups (broad SMARTS) is 1. The van der Waals surface area contributed by atoms with Gasteiger partial charge in [-0.15, -0.1) is 0 Å². The van der Waals surface area contributed by atoms with Crippen LogP contribution in [0.25, 0.3) is 0 Å². The van der Waals surface area contributed by atoms with Crippen LogP contribution in [0, 0.1) is 0 Å². The molecule has 0 unspecified atom stereocenters. The van der Waals surface area contributed by atoms with Gasteiger partial charge in [-0.3, -0.25) is 4.79 Å². The number of hydrogen-bond donors (Lipinski definition) is 2. The van der Waals surface area contributed by atoms with E-state index >= 15 is 0 Å². The minimum absolute atomic E-state index is 0.0485. The first-order valence-corrected chi connectivity index (χ1v) is 7.18. The second-order valence-electron chi connectivity index (χ2n) is 4.51. The number of halogens is 1. The summed E-state index contributed by atoms with van der Waals surface area (Å²) in [4.78, 5) is 23.0. The number of carbonyl (C=O) groups excluding carboxylic acids is 1. The van der Waals surface area contributed by atoms with Crippen LogP contribution in [0.5, 0.6) is 0 Å². The van der Waals surface area contributed by atoms with Gasteiger partial charge in [0.1, 0.15) is 0 Å². The van der Waals surface area contributed by atoms with Crippen molar-refractivity contribution in [2.24, 2.45) is 0 Å². The van der Waals surface area contributed by atoms with Gasteiger partial charge in [-0.2, -0.15) is 0 Å². The molecule has 0 aliphatic rings. The van der Waals surface area contributed by atoms with Gasteiger partial charge in [-0.1, -0.05) is 52.3 Å². The highest BCUT2D eigenvalue weighted by Gasteiger charge is 2.12. The number of nitrogens with one attached hydrogen (secondary N) is 1. The van der Waals surface area contributed by atoms with E-state index in [9.17, 15) is 9.59 Å². The van der Waals surface area contributed by atoms with Crippen LogP contribution in [0.1, 0.15) is 21.5 Å². The number of carbonyl (C=O) groups is 2. The fourth-order valence-electron chi connectivity index (χ4n) is 1.95. The van der Waals surface area contributed by atoms with Gasteiger partial charge >= 0.3 is 5.97 Å². The molecule has 0 fully saturated rings. The quantitative estimate of drug-likeness (QED) is 0.873. The van der Waals surface area contributed by atoms with Crippen LogP contribution in [0.2, 0.25) is 0 Å². The number of aromatic carboxylic acids is 1. The van der Waals surface area contributed by atoms with Gasteiger partial charge in [0, 0.05) is 11.0 Å². The summed E-state index contributed by atoms with van der Waals surface area (Å²) in [5.41, 5.74) is 1.64. The van der Waals surface area contributed by atoms with E-state index in [1.807, 2.05) is 24.3 Å². The molecule has 2 aromatic carbocycles. The highest BCUT2D eigenvalue weighted by molar-refractivity contribution is 9.10. The lowest BCUT2D eigenvalue weighted by molar-refractivity contribution is -0.120. The topological polar surface area (TPSA) is 66.4 Å². The van der Waals surface area contributed by atoms with Crippen LogP contribution in [0.4, 0.5) is 0 Å². The Bertz CT molecular complexity index is 670. The predicted octanol–water partition coefficient (Wildman–Crippen LogP) is 3.01. The van der Waals surface area contributed by atoms with E-state index in [4.69, 9.17) is 5.11 Å². The standard InChI is InChI=1S/C16H14BrNO3/c17-14-8-4-2-6-12(14)10-18-15(19)9-11-5-1-3-7-13(11)16(20)21/h1-8H,9-10H2,(H,18,19)(H,20,21). The number of hydrogen-bond acceptors (Lipinski definition) is 2. The SMILES string of the molecule is O=C(Cc1ccccc1C(=O)O)NCc1ccccc1Br. The maximum atomic E-state index is 12.0. The van der Waals surface area contributed by atoms with E-state index in [-0.39, 0.29) is 17.9 Å². The van der Waals surface area contributed by atoms with Crippen LogP contribution in [0.3, 0.4) is 0 Å². The van der Waals surface area contributed by atoms with Crippen LogP contribution < -0.4 is 5.32 Å². The second-order valence-corrected chi connectivity index (χ2v) is 5.36. The Kier molecular flexibility index (Phi) is 5.11. The molecule has 0 aromatic heterocycles. The summed E-state index contributed by atoms with van der Waals surface area (Å²) in [6, 6.07) is 14.1. The molecule has 2 aromatic rings. The monoisotopic (exact) mass is 347 g/mol. The molecule has 5 heteroatoms. The van der Waals surface area contributed by atoms with E-state index in [0.29, 0.717) is 12.1 Å². The molecule has 0 saturated heterocycles. The highest BCUT2D eigenvalue weighted by Crippen LogP contribution is 2.15. The number of amides is 1. The van der Waals surface area contributed by atoms with Gasteiger partial charge in [0.25, 0.3) is 0 Å². The zero-order valence-corrected chi connectivity index (χ0v) is 12.8. The summed E-state index contributed by atoms with van der Waals surface area (Å²) in [7, 11) is 0. The molecule has 4 nitrogen and oxygen atoms in total. The summed E-state index contributed by atoms with van der Waals surface area (Å²) in [5, 5.41) is 11.9. The zero-order chi connectivity index (χ0) is 15.2. The normalized spacial score (nSPS) is 10.1.